The van der Waals surface area contributed by atoms with Crippen LogP contribution < -0.4 is 0 Å². The minimum Gasteiger partial charge on any atom is -0.481 e. The van der Waals surface area contributed by atoms with E-state index in [1.807, 2.05) is 12.1 Å². The zero-order chi connectivity index (χ0) is 12.9. The lowest BCUT2D eigenvalue weighted by Gasteiger charge is -2.18. The van der Waals surface area contributed by atoms with Gasteiger partial charge in [-0.1, -0.05) is 0 Å². The van der Waals surface area contributed by atoms with Crippen molar-refractivity contribution in [3.63, 3.8) is 0 Å². The van der Waals surface area contributed by atoms with Gasteiger partial charge in [-0.15, -0.1) is 11.8 Å². The van der Waals surface area contributed by atoms with Crippen molar-refractivity contribution in [2.75, 3.05) is 5.75 Å². The minimum atomic E-state index is -0.735. The molecular formula is C12H16BrNO2S. The summed E-state index contributed by atoms with van der Waals surface area (Å²) in [5.41, 5.74) is -0.637. The van der Waals surface area contributed by atoms with Crippen LogP contribution in [0.3, 0.4) is 0 Å². The SMILES string of the molecule is CC(C)(CCCSc1ncccc1Br)C(=O)O. The lowest BCUT2D eigenvalue weighted by molar-refractivity contribution is -0.147. The summed E-state index contributed by atoms with van der Waals surface area (Å²) in [5, 5.41) is 9.93. The molecule has 1 aromatic heterocycles. The molecular weight excluding hydrogens is 302 g/mol. The van der Waals surface area contributed by atoms with Crippen LogP contribution in [-0.2, 0) is 4.79 Å². The molecule has 5 heteroatoms. The number of pyridine rings is 1. The van der Waals surface area contributed by atoms with Crippen LogP contribution in [0.15, 0.2) is 27.8 Å². The summed E-state index contributed by atoms with van der Waals surface area (Å²) in [4.78, 5) is 15.2. The monoisotopic (exact) mass is 317 g/mol. The second-order valence-corrected chi connectivity index (χ2v) is 6.37. The van der Waals surface area contributed by atoms with E-state index in [4.69, 9.17) is 5.11 Å². The van der Waals surface area contributed by atoms with Crippen molar-refractivity contribution in [3.8, 4) is 0 Å². The highest BCUT2D eigenvalue weighted by molar-refractivity contribution is 9.10. The van der Waals surface area contributed by atoms with Crippen molar-refractivity contribution in [3.05, 3.63) is 22.8 Å². The molecule has 3 nitrogen and oxygen atoms in total. The number of aliphatic carboxylic acids is 1. The zero-order valence-corrected chi connectivity index (χ0v) is 12.3. The number of carboxylic acids is 1. The third-order valence-electron chi connectivity index (χ3n) is 2.49. The third-order valence-corrected chi connectivity index (χ3v) is 4.48. The van der Waals surface area contributed by atoms with Gasteiger partial charge in [0.25, 0.3) is 0 Å². The predicted octanol–water partition coefficient (Wildman–Crippen LogP) is 3.83. The molecule has 0 aromatic carbocycles. The summed E-state index contributed by atoms with van der Waals surface area (Å²) >= 11 is 5.08. The molecule has 94 valence electrons. The van der Waals surface area contributed by atoms with Gasteiger partial charge in [-0.2, -0.15) is 0 Å². The summed E-state index contributed by atoms with van der Waals surface area (Å²) in [6, 6.07) is 3.83. The maximum atomic E-state index is 10.9. The number of thioether (sulfide) groups is 1. The van der Waals surface area contributed by atoms with E-state index in [-0.39, 0.29) is 0 Å². The Morgan fingerprint density at radius 2 is 2.29 bits per heavy atom. The van der Waals surface area contributed by atoms with Gasteiger partial charge in [0.2, 0.25) is 0 Å². The number of carboxylic acid groups (broad SMARTS) is 1. The normalized spacial score (nSPS) is 11.5. The number of halogens is 1. The van der Waals surface area contributed by atoms with Crippen LogP contribution in [0.2, 0.25) is 0 Å². The molecule has 1 rings (SSSR count). The summed E-state index contributed by atoms with van der Waals surface area (Å²) in [7, 11) is 0. The van der Waals surface area contributed by atoms with Crippen molar-refractivity contribution in [2.24, 2.45) is 5.41 Å². The van der Waals surface area contributed by atoms with E-state index >= 15 is 0 Å². The van der Waals surface area contributed by atoms with Gasteiger partial charge in [0.1, 0.15) is 5.03 Å². The van der Waals surface area contributed by atoms with Crippen LogP contribution in [0.25, 0.3) is 0 Å². The maximum absolute atomic E-state index is 10.9. The first-order chi connectivity index (χ1) is 7.93. The van der Waals surface area contributed by atoms with Crippen molar-refractivity contribution in [1.29, 1.82) is 0 Å². The fourth-order valence-corrected chi connectivity index (χ4v) is 2.69. The van der Waals surface area contributed by atoms with E-state index < -0.39 is 11.4 Å². The highest BCUT2D eigenvalue weighted by atomic mass is 79.9. The van der Waals surface area contributed by atoms with E-state index in [9.17, 15) is 4.79 Å². The molecule has 1 heterocycles. The molecule has 0 aliphatic rings. The quantitative estimate of drug-likeness (QED) is 0.640. The Morgan fingerprint density at radius 3 is 2.88 bits per heavy atom. The Bertz CT molecular complexity index is 396. The summed E-state index contributed by atoms with van der Waals surface area (Å²) < 4.78 is 0.988. The second-order valence-electron chi connectivity index (χ2n) is 4.43. The van der Waals surface area contributed by atoms with Crippen molar-refractivity contribution in [2.45, 2.75) is 31.7 Å². The lowest BCUT2D eigenvalue weighted by Crippen LogP contribution is -2.23. The number of carbonyl (C=O) groups is 1. The summed E-state index contributed by atoms with van der Waals surface area (Å²) in [5.74, 6) is 0.147. The van der Waals surface area contributed by atoms with E-state index in [1.54, 1.807) is 31.8 Å². The summed E-state index contributed by atoms with van der Waals surface area (Å²) in [6.07, 6.45) is 3.31. The van der Waals surface area contributed by atoms with Gasteiger partial charge in [-0.05, 0) is 60.5 Å². The molecule has 0 radical (unpaired) electrons. The minimum absolute atomic E-state index is 0.637. The number of rotatable bonds is 6. The largest absolute Gasteiger partial charge is 0.481 e. The van der Waals surface area contributed by atoms with Gasteiger partial charge in [-0.25, -0.2) is 4.98 Å². The van der Waals surface area contributed by atoms with E-state index in [0.29, 0.717) is 6.42 Å². The average Bonchev–Trinajstić information content (AvgIpc) is 2.26. The van der Waals surface area contributed by atoms with Crippen LogP contribution in [0.1, 0.15) is 26.7 Å². The predicted molar refractivity (Wildman–Crippen MR) is 73.3 cm³/mol. The number of nitrogens with zero attached hydrogens (tertiary/aromatic N) is 1. The first kappa shape index (κ1) is 14.5. The van der Waals surface area contributed by atoms with Crippen LogP contribution in [-0.4, -0.2) is 21.8 Å². The van der Waals surface area contributed by atoms with E-state index in [2.05, 4.69) is 20.9 Å². The fourth-order valence-electron chi connectivity index (χ4n) is 1.27. The molecule has 0 bridgehead atoms. The summed E-state index contributed by atoms with van der Waals surface area (Å²) in [6.45, 7) is 3.52. The van der Waals surface area contributed by atoms with E-state index in [0.717, 1.165) is 21.7 Å². The topological polar surface area (TPSA) is 50.2 Å². The molecule has 0 fully saturated rings. The van der Waals surface area contributed by atoms with Gasteiger partial charge >= 0.3 is 5.97 Å². The van der Waals surface area contributed by atoms with Crippen molar-refractivity contribution >= 4 is 33.7 Å². The molecule has 0 aliphatic carbocycles. The first-order valence-electron chi connectivity index (χ1n) is 5.40. The van der Waals surface area contributed by atoms with Crippen molar-refractivity contribution < 1.29 is 9.90 Å². The maximum Gasteiger partial charge on any atom is 0.309 e. The Kier molecular flexibility index (Phi) is 5.46. The number of hydrogen-bond acceptors (Lipinski definition) is 3. The molecule has 0 saturated heterocycles. The molecule has 0 saturated carbocycles. The molecule has 1 N–H and O–H groups in total. The fraction of sp³-hybridized carbons (Fsp3) is 0.500. The Labute approximate surface area is 114 Å². The molecule has 0 unspecified atom stereocenters. The second kappa shape index (κ2) is 6.40. The van der Waals surface area contributed by atoms with Crippen LogP contribution in [0.4, 0.5) is 0 Å². The van der Waals surface area contributed by atoms with Gasteiger partial charge in [0.15, 0.2) is 0 Å². The molecule has 17 heavy (non-hydrogen) atoms. The molecule has 1 aromatic rings. The molecule has 0 spiro atoms. The van der Waals surface area contributed by atoms with Crippen LogP contribution >= 0.6 is 27.7 Å². The van der Waals surface area contributed by atoms with Gasteiger partial charge in [0, 0.05) is 10.7 Å². The highest BCUT2D eigenvalue weighted by Crippen LogP contribution is 2.28. The van der Waals surface area contributed by atoms with Crippen LogP contribution in [0, 0.1) is 5.41 Å². The Morgan fingerprint density at radius 1 is 1.59 bits per heavy atom. The smallest absolute Gasteiger partial charge is 0.309 e. The van der Waals surface area contributed by atoms with E-state index in [1.165, 1.54) is 0 Å². The molecule has 0 atom stereocenters. The number of aromatic nitrogens is 1. The zero-order valence-electron chi connectivity index (χ0n) is 9.94. The standard InChI is InChI=1S/C12H16BrNO2S/c1-12(2,11(15)16)6-4-8-17-10-9(13)5-3-7-14-10/h3,5,7H,4,6,8H2,1-2H3,(H,15,16). The highest BCUT2D eigenvalue weighted by Gasteiger charge is 2.26. The number of hydrogen-bond donors (Lipinski definition) is 1. The van der Waals surface area contributed by atoms with Gasteiger partial charge in [0.05, 0.1) is 5.41 Å². The van der Waals surface area contributed by atoms with Gasteiger partial charge in [-0.3, -0.25) is 4.79 Å². The molecule has 0 amide bonds. The third kappa shape index (κ3) is 4.68. The average molecular weight is 318 g/mol. The van der Waals surface area contributed by atoms with Gasteiger partial charge < -0.3 is 5.11 Å². The van der Waals surface area contributed by atoms with Crippen molar-refractivity contribution in [1.82, 2.24) is 4.98 Å². The first-order valence-corrected chi connectivity index (χ1v) is 7.18. The van der Waals surface area contributed by atoms with Crippen LogP contribution in [0.5, 0.6) is 0 Å². The Balaban J connectivity index is 2.35. The Hall–Kier alpha value is -0.550. The molecule has 0 aliphatic heterocycles. The lowest BCUT2D eigenvalue weighted by atomic mass is 9.88.